The Bertz CT molecular complexity index is 658. The Morgan fingerprint density at radius 1 is 1.52 bits per heavy atom. The SMILES string of the molecule is CCC(NC(=O)c1ccncc1C#CCN)c1nccs1. The van der Waals surface area contributed by atoms with Crippen LogP contribution in [0.2, 0.25) is 0 Å². The first kappa shape index (κ1) is 15.2. The lowest BCUT2D eigenvalue weighted by Crippen LogP contribution is -2.28. The van der Waals surface area contributed by atoms with Crippen LogP contribution < -0.4 is 11.1 Å². The number of carbonyl (C=O) groups excluding carboxylic acids is 1. The molecule has 0 fully saturated rings. The van der Waals surface area contributed by atoms with Crippen LogP contribution in [0.5, 0.6) is 0 Å². The molecule has 0 aliphatic heterocycles. The van der Waals surface area contributed by atoms with Crippen LogP contribution in [-0.2, 0) is 0 Å². The van der Waals surface area contributed by atoms with E-state index in [1.807, 2.05) is 12.3 Å². The van der Waals surface area contributed by atoms with Gasteiger partial charge in [-0.3, -0.25) is 9.78 Å². The Hall–Kier alpha value is -2.23. The van der Waals surface area contributed by atoms with Gasteiger partial charge in [-0.1, -0.05) is 18.8 Å². The number of nitrogens with one attached hydrogen (secondary N) is 1. The third kappa shape index (κ3) is 3.88. The number of carbonyl (C=O) groups is 1. The Labute approximate surface area is 127 Å². The predicted octanol–water partition coefficient (Wildman–Crippen LogP) is 1.73. The first-order chi connectivity index (χ1) is 10.3. The Balaban J connectivity index is 2.20. The maximum Gasteiger partial charge on any atom is 0.253 e. The van der Waals surface area contributed by atoms with Crippen LogP contribution in [0, 0.1) is 11.8 Å². The Morgan fingerprint density at radius 3 is 3.05 bits per heavy atom. The van der Waals surface area contributed by atoms with E-state index < -0.39 is 0 Å². The van der Waals surface area contributed by atoms with E-state index in [0.29, 0.717) is 11.1 Å². The number of thiazole rings is 1. The van der Waals surface area contributed by atoms with E-state index in [9.17, 15) is 4.79 Å². The third-order valence-electron chi connectivity index (χ3n) is 2.85. The number of rotatable bonds is 4. The molecule has 0 bridgehead atoms. The zero-order valence-corrected chi connectivity index (χ0v) is 12.5. The van der Waals surface area contributed by atoms with Crippen molar-refractivity contribution in [3.05, 3.63) is 46.2 Å². The van der Waals surface area contributed by atoms with Crippen molar-refractivity contribution in [1.29, 1.82) is 0 Å². The van der Waals surface area contributed by atoms with Crippen LogP contribution in [0.15, 0.2) is 30.0 Å². The van der Waals surface area contributed by atoms with Crippen LogP contribution in [0.4, 0.5) is 0 Å². The largest absolute Gasteiger partial charge is 0.343 e. The topological polar surface area (TPSA) is 80.9 Å². The van der Waals surface area contributed by atoms with Gasteiger partial charge in [-0.15, -0.1) is 11.3 Å². The molecule has 2 aromatic rings. The van der Waals surface area contributed by atoms with Gasteiger partial charge in [-0.2, -0.15) is 0 Å². The minimum atomic E-state index is -0.180. The van der Waals surface area contributed by atoms with Gasteiger partial charge in [-0.05, 0) is 12.5 Å². The highest BCUT2D eigenvalue weighted by atomic mass is 32.1. The van der Waals surface area contributed by atoms with E-state index in [1.54, 1.807) is 24.7 Å². The van der Waals surface area contributed by atoms with Crippen LogP contribution >= 0.6 is 11.3 Å². The Kier molecular flexibility index (Phi) is 5.43. The summed E-state index contributed by atoms with van der Waals surface area (Å²) >= 11 is 1.53. The van der Waals surface area contributed by atoms with E-state index in [1.165, 1.54) is 11.3 Å². The molecule has 1 atom stereocenters. The lowest BCUT2D eigenvalue weighted by molar-refractivity contribution is 0.0935. The normalized spacial score (nSPS) is 11.3. The second kappa shape index (κ2) is 7.53. The summed E-state index contributed by atoms with van der Waals surface area (Å²) in [5.41, 5.74) is 6.45. The molecule has 5 nitrogen and oxygen atoms in total. The van der Waals surface area contributed by atoms with E-state index in [2.05, 4.69) is 27.1 Å². The number of pyridine rings is 1. The summed E-state index contributed by atoms with van der Waals surface area (Å²) < 4.78 is 0. The van der Waals surface area contributed by atoms with E-state index in [4.69, 9.17) is 5.73 Å². The molecule has 6 heteroatoms. The summed E-state index contributed by atoms with van der Waals surface area (Å²) in [6.07, 6.45) is 5.66. The molecular formula is C15H16N4OS. The van der Waals surface area contributed by atoms with Gasteiger partial charge in [0.15, 0.2) is 0 Å². The van der Waals surface area contributed by atoms with Crippen molar-refractivity contribution in [3.8, 4) is 11.8 Å². The van der Waals surface area contributed by atoms with Crippen LogP contribution in [0.3, 0.4) is 0 Å². The minimum Gasteiger partial charge on any atom is -0.343 e. The summed E-state index contributed by atoms with van der Waals surface area (Å²) in [6, 6.07) is 1.56. The number of aromatic nitrogens is 2. The minimum absolute atomic E-state index is 0.0963. The summed E-state index contributed by atoms with van der Waals surface area (Å²) in [5.74, 6) is 5.43. The number of hydrogen-bond donors (Lipinski definition) is 2. The standard InChI is InChI=1S/C15H16N4OS/c1-2-13(15-18-8-9-21-15)19-14(20)12-5-7-17-10-11(12)4-3-6-16/h5,7-10,13H,2,6,16H2,1H3,(H,19,20). The fraction of sp³-hybridized carbons (Fsp3) is 0.267. The van der Waals surface area contributed by atoms with Crippen molar-refractivity contribution in [2.75, 3.05) is 6.54 Å². The summed E-state index contributed by atoms with van der Waals surface area (Å²) in [4.78, 5) is 20.7. The van der Waals surface area contributed by atoms with Crippen LogP contribution in [-0.4, -0.2) is 22.4 Å². The lowest BCUT2D eigenvalue weighted by Gasteiger charge is -2.15. The first-order valence-corrected chi connectivity index (χ1v) is 7.47. The average molecular weight is 300 g/mol. The van der Waals surface area contributed by atoms with Gasteiger partial charge in [0.05, 0.1) is 23.7 Å². The predicted molar refractivity (Wildman–Crippen MR) is 82.8 cm³/mol. The molecule has 1 unspecified atom stereocenters. The molecule has 2 rings (SSSR count). The van der Waals surface area contributed by atoms with E-state index >= 15 is 0 Å². The molecule has 2 aromatic heterocycles. The zero-order valence-electron chi connectivity index (χ0n) is 11.7. The zero-order chi connectivity index (χ0) is 15.1. The van der Waals surface area contributed by atoms with Gasteiger partial charge in [0.1, 0.15) is 5.01 Å². The highest BCUT2D eigenvalue weighted by molar-refractivity contribution is 7.09. The van der Waals surface area contributed by atoms with Gasteiger partial charge in [-0.25, -0.2) is 4.98 Å². The molecule has 21 heavy (non-hydrogen) atoms. The molecule has 0 aliphatic rings. The van der Waals surface area contributed by atoms with E-state index in [-0.39, 0.29) is 18.5 Å². The highest BCUT2D eigenvalue weighted by Gasteiger charge is 2.17. The average Bonchev–Trinajstić information content (AvgIpc) is 3.04. The van der Waals surface area contributed by atoms with E-state index in [0.717, 1.165) is 11.4 Å². The summed E-state index contributed by atoms with van der Waals surface area (Å²) in [5, 5.41) is 5.78. The number of amides is 1. The number of nitrogens with zero attached hydrogens (tertiary/aromatic N) is 2. The number of nitrogens with two attached hydrogens (primary N) is 1. The smallest absolute Gasteiger partial charge is 0.253 e. The highest BCUT2D eigenvalue weighted by Crippen LogP contribution is 2.19. The fourth-order valence-electron chi connectivity index (χ4n) is 1.82. The number of hydrogen-bond acceptors (Lipinski definition) is 5. The second-order valence-corrected chi connectivity index (χ2v) is 5.16. The van der Waals surface area contributed by atoms with Gasteiger partial charge in [0.25, 0.3) is 5.91 Å². The lowest BCUT2D eigenvalue weighted by atomic mass is 10.1. The summed E-state index contributed by atoms with van der Waals surface area (Å²) in [6.45, 7) is 2.25. The monoisotopic (exact) mass is 300 g/mol. The van der Waals surface area contributed by atoms with Crippen LogP contribution in [0.25, 0.3) is 0 Å². The molecule has 0 spiro atoms. The second-order valence-electron chi connectivity index (χ2n) is 4.23. The van der Waals surface area contributed by atoms with Crippen molar-refractivity contribution in [3.63, 3.8) is 0 Å². The third-order valence-corrected chi connectivity index (χ3v) is 3.74. The molecule has 3 N–H and O–H groups in total. The molecule has 2 heterocycles. The molecule has 108 valence electrons. The van der Waals surface area contributed by atoms with Crippen molar-refractivity contribution in [1.82, 2.24) is 15.3 Å². The van der Waals surface area contributed by atoms with Gasteiger partial charge >= 0.3 is 0 Å². The summed E-state index contributed by atoms with van der Waals surface area (Å²) in [7, 11) is 0. The molecule has 1 amide bonds. The molecule has 0 radical (unpaired) electrons. The van der Waals surface area contributed by atoms with Gasteiger partial charge in [0, 0.05) is 24.0 Å². The molecular weight excluding hydrogens is 284 g/mol. The quantitative estimate of drug-likeness (QED) is 0.843. The first-order valence-electron chi connectivity index (χ1n) is 6.59. The molecule has 0 saturated heterocycles. The molecule has 0 saturated carbocycles. The van der Waals surface area contributed by atoms with Crippen molar-refractivity contribution in [2.45, 2.75) is 19.4 Å². The molecule has 0 aromatic carbocycles. The van der Waals surface area contributed by atoms with Gasteiger partial charge < -0.3 is 11.1 Å². The Morgan fingerprint density at radius 2 is 2.38 bits per heavy atom. The van der Waals surface area contributed by atoms with Crippen molar-refractivity contribution in [2.24, 2.45) is 5.73 Å². The molecule has 0 aliphatic carbocycles. The van der Waals surface area contributed by atoms with Crippen molar-refractivity contribution < 1.29 is 4.79 Å². The van der Waals surface area contributed by atoms with Crippen LogP contribution in [0.1, 0.15) is 40.3 Å². The fourth-order valence-corrected chi connectivity index (χ4v) is 2.59. The maximum atomic E-state index is 12.4. The van der Waals surface area contributed by atoms with Crippen molar-refractivity contribution >= 4 is 17.2 Å². The van der Waals surface area contributed by atoms with Gasteiger partial charge in [0.2, 0.25) is 0 Å². The maximum absolute atomic E-state index is 12.4.